The van der Waals surface area contributed by atoms with Crippen molar-refractivity contribution >= 4 is 29.3 Å². The quantitative estimate of drug-likeness (QED) is 0.808. The van der Waals surface area contributed by atoms with Gasteiger partial charge in [0, 0.05) is 37.8 Å². The normalized spacial score (nSPS) is 16.5. The predicted molar refractivity (Wildman–Crippen MR) is 113 cm³/mol. The van der Waals surface area contributed by atoms with E-state index in [0.717, 1.165) is 37.1 Å². The van der Waals surface area contributed by atoms with Crippen LogP contribution >= 0.6 is 0 Å². The van der Waals surface area contributed by atoms with E-state index in [9.17, 15) is 14.0 Å². The minimum Gasteiger partial charge on any atom is -0.373 e. The van der Waals surface area contributed by atoms with Gasteiger partial charge in [0.25, 0.3) is 11.8 Å². The highest BCUT2D eigenvalue weighted by Gasteiger charge is 2.24. The molecule has 6 heteroatoms. The van der Waals surface area contributed by atoms with Gasteiger partial charge in [-0.15, -0.1) is 0 Å². The van der Waals surface area contributed by atoms with Gasteiger partial charge in [-0.1, -0.05) is 12.1 Å². The third-order valence-corrected chi connectivity index (χ3v) is 5.28. The van der Waals surface area contributed by atoms with Gasteiger partial charge in [-0.05, 0) is 61.2 Å². The van der Waals surface area contributed by atoms with Crippen molar-refractivity contribution in [1.82, 2.24) is 5.32 Å². The summed E-state index contributed by atoms with van der Waals surface area (Å²) >= 11 is 0. The Hall–Kier alpha value is -3.15. The molecule has 1 N–H and O–H groups in total. The number of amides is 2. The molecular weight excluding hydrogens is 369 g/mol. The molecule has 2 aromatic carbocycles. The predicted octanol–water partition coefficient (Wildman–Crippen LogP) is 3.60. The Morgan fingerprint density at radius 3 is 2.55 bits per heavy atom. The largest absolute Gasteiger partial charge is 0.373 e. The molecule has 4 rings (SSSR count). The van der Waals surface area contributed by atoms with Gasteiger partial charge in [0.15, 0.2) is 0 Å². The Morgan fingerprint density at radius 2 is 1.83 bits per heavy atom. The van der Waals surface area contributed by atoms with Gasteiger partial charge in [0.05, 0.1) is 11.4 Å². The van der Waals surface area contributed by atoms with E-state index in [0.29, 0.717) is 23.8 Å². The zero-order chi connectivity index (χ0) is 20.4. The molecule has 1 fully saturated rings. The second kappa shape index (κ2) is 8.07. The lowest BCUT2D eigenvalue weighted by molar-refractivity contribution is -0.114. The van der Waals surface area contributed by atoms with E-state index < -0.39 is 0 Å². The maximum Gasteiger partial charge on any atom is 0.251 e. The number of fused-ring (bicyclic) bond motifs is 1. The van der Waals surface area contributed by atoms with Crippen LogP contribution in [0.15, 0.2) is 48.5 Å². The SMILES string of the molecule is CN1CCCN(C(=O)C=Cc2ccc(C(=O)NC3CC3)cc2)c2cc(F)ccc21. The van der Waals surface area contributed by atoms with Gasteiger partial charge >= 0.3 is 0 Å². The van der Waals surface area contributed by atoms with E-state index in [2.05, 4.69) is 5.32 Å². The van der Waals surface area contributed by atoms with Crippen LogP contribution in [0.4, 0.5) is 15.8 Å². The fourth-order valence-electron chi connectivity index (χ4n) is 3.47. The van der Waals surface area contributed by atoms with Crippen molar-refractivity contribution in [2.24, 2.45) is 0 Å². The summed E-state index contributed by atoms with van der Waals surface area (Å²) in [6.45, 7) is 1.33. The molecular formula is C23H24FN3O2. The van der Waals surface area contributed by atoms with Crippen LogP contribution in [0.5, 0.6) is 0 Å². The maximum absolute atomic E-state index is 13.8. The minimum atomic E-state index is -0.360. The first-order chi connectivity index (χ1) is 14.0. The van der Waals surface area contributed by atoms with Gasteiger partial charge in [-0.2, -0.15) is 0 Å². The van der Waals surface area contributed by atoms with Crippen LogP contribution in [-0.4, -0.2) is 38.0 Å². The molecule has 0 spiro atoms. The number of benzene rings is 2. The van der Waals surface area contributed by atoms with Crippen molar-refractivity contribution in [1.29, 1.82) is 0 Å². The number of halogens is 1. The fraction of sp³-hybridized carbons (Fsp3) is 0.304. The standard InChI is InChI=1S/C23H24FN3O2/c1-26-13-2-14-27(21-15-18(24)8-11-20(21)26)22(28)12-5-16-3-6-17(7-4-16)23(29)25-19-9-10-19/h3-8,11-12,15,19H,2,9-10,13-14H2,1H3,(H,25,29). The van der Waals surface area contributed by atoms with Gasteiger partial charge < -0.3 is 15.1 Å². The molecule has 0 unspecified atom stereocenters. The minimum absolute atomic E-state index is 0.0635. The zero-order valence-corrected chi connectivity index (χ0v) is 16.4. The summed E-state index contributed by atoms with van der Waals surface area (Å²) in [6.07, 6.45) is 6.12. The van der Waals surface area contributed by atoms with Crippen LogP contribution in [0.3, 0.4) is 0 Å². The highest BCUT2D eigenvalue weighted by molar-refractivity contribution is 6.06. The number of hydrogen-bond acceptors (Lipinski definition) is 3. The van der Waals surface area contributed by atoms with E-state index in [1.165, 1.54) is 18.2 Å². The molecule has 150 valence electrons. The van der Waals surface area contributed by atoms with E-state index >= 15 is 0 Å². The average Bonchev–Trinajstić information content (AvgIpc) is 3.54. The molecule has 1 saturated carbocycles. The van der Waals surface area contributed by atoms with Crippen molar-refractivity contribution in [3.8, 4) is 0 Å². The highest BCUT2D eigenvalue weighted by atomic mass is 19.1. The number of carbonyl (C=O) groups excluding carboxylic acids is 2. The number of hydrogen-bond donors (Lipinski definition) is 1. The van der Waals surface area contributed by atoms with Crippen LogP contribution < -0.4 is 15.1 Å². The Bertz CT molecular complexity index is 951. The van der Waals surface area contributed by atoms with Crippen LogP contribution in [-0.2, 0) is 4.79 Å². The van der Waals surface area contributed by atoms with E-state index in [4.69, 9.17) is 0 Å². The summed E-state index contributed by atoms with van der Waals surface area (Å²) in [7, 11) is 1.95. The Balaban J connectivity index is 1.48. The van der Waals surface area contributed by atoms with Crippen LogP contribution in [0.25, 0.3) is 6.08 Å². The molecule has 0 bridgehead atoms. The molecule has 0 atom stereocenters. The van der Waals surface area contributed by atoms with Gasteiger partial charge in [-0.25, -0.2) is 4.39 Å². The first-order valence-electron chi connectivity index (χ1n) is 9.92. The molecule has 1 aliphatic carbocycles. The van der Waals surface area contributed by atoms with Crippen molar-refractivity contribution in [3.05, 3.63) is 65.5 Å². The van der Waals surface area contributed by atoms with Crippen LogP contribution in [0.2, 0.25) is 0 Å². The second-order valence-electron chi connectivity index (χ2n) is 7.60. The van der Waals surface area contributed by atoms with E-state index in [1.807, 2.05) is 24.1 Å². The smallest absolute Gasteiger partial charge is 0.251 e. The summed E-state index contributed by atoms with van der Waals surface area (Å²) in [6, 6.07) is 12.0. The summed E-state index contributed by atoms with van der Waals surface area (Å²) in [5.41, 5.74) is 2.87. The van der Waals surface area contributed by atoms with Crippen molar-refractivity contribution < 1.29 is 14.0 Å². The van der Waals surface area contributed by atoms with Crippen LogP contribution in [0, 0.1) is 5.82 Å². The lowest BCUT2D eigenvalue weighted by atomic mass is 10.1. The number of anilines is 2. The van der Waals surface area contributed by atoms with E-state index in [1.54, 1.807) is 29.2 Å². The summed E-state index contributed by atoms with van der Waals surface area (Å²) in [5, 5.41) is 2.95. The van der Waals surface area contributed by atoms with Gasteiger partial charge in [-0.3, -0.25) is 9.59 Å². The maximum atomic E-state index is 13.8. The molecule has 2 amide bonds. The summed E-state index contributed by atoms with van der Waals surface area (Å²) in [4.78, 5) is 28.6. The monoisotopic (exact) mass is 393 g/mol. The van der Waals surface area contributed by atoms with Crippen molar-refractivity contribution in [2.75, 3.05) is 29.9 Å². The van der Waals surface area contributed by atoms with Crippen molar-refractivity contribution in [3.63, 3.8) is 0 Å². The lowest BCUT2D eigenvalue weighted by Gasteiger charge is -2.23. The summed E-state index contributed by atoms with van der Waals surface area (Å²) < 4.78 is 13.8. The molecule has 2 aliphatic rings. The molecule has 0 radical (unpaired) electrons. The Labute approximate surface area is 169 Å². The van der Waals surface area contributed by atoms with Crippen molar-refractivity contribution in [2.45, 2.75) is 25.3 Å². The van der Waals surface area contributed by atoms with Crippen LogP contribution in [0.1, 0.15) is 35.2 Å². The first-order valence-corrected chi connectivity index (χ1v) is 9.92. The average molecular weight is 393 g/mol. The third-order valence-electron chi connectivity index (χ3n) is 5.28. The molecule has 5 nitrogen and oxygen atoms in total. The topological polar surface area (TPSA) is 52.7 Å². The summed E-state index contributed by atoms with van der Waals surface area (Å²) in [5.74, 6) is -0.616. The fourth-order valence-corrected chi connectivity index (χ4v) is 3.47. The molecule has 29 heavy (non-hydrogen) atoms. The first kappa shape index (κ1) is 19.2. The number of carbonyl (C=O) groups is 2. The van der Waals surface area contributed by atoms with Gasteiger partial charge in [0.1, 0.15) is 5.82 Å². The number of rotatable bonds is 4. The molecule has 1 heterocycles. The number of nitrogens with zero attached hydrogens (tertiary/aromatic N) is 2. The second-order valence-corrected chi connectivity index (χ2v) is 7.60. The lowest BCUT2D eigenvalue weighted by Crippen LogP contribution is -2.29. The molecule has 2 aromatic rings. The Kier molecular flexibility index (Phi) is 5.34. The Morgan fingerprint density at radius 1 is 1.07 bits per heavy atom. The third kappa shape index (κ3) is 4.47. The molecule has 0 aromatic heterocycles. The van der Waals surface area contributed by atoms with Gasteiger partial charge in [0.2, 0.25) is 0 Å². The molecule has 1 aliphatic heterocycles. The van der Waals surface area contributed by atoms with E-state index in [-0.39, 0.29) is 17.6 Å². The zero-order valence-electron chi connectivity index (χ0n) is 16.4. The number of nitrogens with one attached hydrogen (secondary N) is 1. The molecule has 0 saturated heterocycles. The highest BCUT2D eigenvalue weighted by Crippen LogP contribution is 2.32.